The molecule has 1 aromatic carbocycles. The van der Waals surface area contributed by atoms with Crippen molar-refractivity contribution in [2.24, 2.45) is 5.73 Å². The molecule has 1 aliphatic heterocycles. The fraction of sp³-hybridized carbons (Fsp3) is 0.571. The van der Waals surface area contributed by atoms with Crippen LogP contribution >= 0.6 is 15.9 Å². The van der Waals surface area contributed by atoms with E-state index in [0.29, 0.717) is 11.0 Å². The van der Waals surface area contributed by atoms with Gasteiger partial charge in [0.2, 0.25) is 0 Å². The van der Waals surface area contributed by atoms with E-state index in [0.717, 1.165) is 25.3 Å². The van der Waals surface area contributed by atoms with Crippen molar-refractivity contribution in [1.29, 1.82) is 0 Å². The standard InChI is InChI=1S/C14H18BrF3N2/c1-9-3-2-4-11(8-19)20(9)13-7-10(15)5-6-12(13)14(16,17)18/h5-7,9,11H,2-4,8,19H2,1H3. The summed E-state index contributed by atoms with van der Waals surface area (Å²) in [4.78, 5) is 1.84. The van der Waals surface area contributed by atoms with Crippen molar-refractivity contribution in [2.75, 3.05) is 11.4 Å². The number of halogens is 4. The summed E-state index contributed by atoms with van der Waals surface area (Å²) >= 11 is 3.27. The Bertz CT molecular complexity index is 476. The van der Waals surface area contributed by atoms with Crippen LogP contribution in [0.2, 0.25) is 0 Å². The molecular weight excluding hydrogens is 333 g/mol. The van der Waals surface area contributed by atoms with Gasteiger partial charge in [-0.25, -0.2) is 0 Å². The zero-order valence-corrected chi connectivity index (χ0v) is 12.8. The molecule has 2 rings (SSSR count). The van der Waals surface area contributed by atoms with Crippen molar-refractivity contribution in [2.45, 2.75) is 44.4 Å². The van der Waals surface area contributed by atoms with E-state index in [-0.39, 0.29) is 17.8 Å². The second-order valence-corrected chi connectivity index (χ2v) is 6.15. The molecule has 0 aromatic heterocycles. The third-order valence-electron chi connectivity index (χ3n) is 3.84. The van der Waals surface area contributed by atoms with Crippen molar-refractivity contribution in [1.82, 2.24) is 0 Å². The van der Waals surface area contributed by atoms with E-state index in [1.54, 1.807) is 6.07 Å². The lowest BCUT2D eigenvalue weighted by Crippen LogP contribution is -2.49. The Morgan fingerprint density at radius 2 is 2.05 bits per heavy atom. The van der Waals surface area contributed by atoms with E-state index in [4.69, 9.17) is 5.73 Å². The van der Waals surface area contributed by atoms with Gasteiger partial charge in [0.05, 0.1) is 11.3 Å². The summed E-state index contributed by atoms with van der Waals surface area (Å²) in [5, 5.41) is 0. The molecule has 112 valence electrons. The van der Waals surface area contributed by atoms with Gasteiger partial charge in [-0.1, -0.05) is 15.9 Å². The van der Waals surface area contributed by atoms with Gasteiger partial charge in [-0.2, -0.15) is 13.2 Å². The Morgan fingerprint density at radius 3 is 2.65 bits per heavy atom. The Labute approximate surface area is 125 Å². The molecule has 0 aliphatic carbocycles. The van der Waals surface area contributed by atoms with Crippen LogP contribution in [0.25, 0.3) is 0 Å². The third kappa shape index (κ3) is 3.11. The van der Waals surface area contributed by atoms with Crippen LogP contribution in [0.3, 0.4) is 0 Å². The highest BCUT2D eigenvalue weighted by Crippen LogP contribution is 2.41. The Kier molecular flexibility index (Phi) is 4.64. The van der Waals surface area contributed by atoms with Crippen LogP contribution < -0.4 is 10.6 Å². The van der Waals surface area contributed by atoms with E-state index in [1.807, 2.05) is 11.8 Å². The first-order valence-electron chi connectivity index (χ1n) is 6.69. The monoisotopic (exact) mass is 350 g/mol. The molecule has 0 radical (unpaired) electrons. The molecule has 1 heterocycles. The SMILES string of the molecule is CC1CCCC(CN)N1c1cc(Br)ccc1C(F)(F)F. The number of alkyl halides is 3. The van der Waals surface area contributed by atoms with Gasteiger partial charge in [0, 0.05) is 23.1 Å². The third-order valence-corrected chi connectivity index (χ3v) is 4.34. The highest BCUT2D eigenvalue weighted by atomic mass is 79.9. The van der Waals surface area contributed by atoms with Gasteiger partial charge in [-0.3, -0.25) is 0 Å². The quantitative estimate of drug-likeness (QED) is 0.866. The summed E-state index contributed by atoms with van der Waals surface area (Å²) in [5.74, 6) is 0. The van der Waals surface area contributed by atoms with Crippen LogP contribution in [-0.2, 0) is 6.18 Å². The first kappa shape index (κ1) is 15.6. The molecule has 1 aromatic rings. The Balaban J connectivity index is 2.51. The molecule has 2 unspecified atom stereocenters. The molecule has 1 aliphatic rings. The van der Waals surface area contributed by atoms with E-state index >= 15 is 0 Å². The van der Waals surface area contributed by atoms with Gasteiger partial charge in [0.25, 0.3) is 0 Å². The van der Waals surface area contributed by atoms with Crippen molar-refractivity contribution in [3.8, 4) is 0 Å². The molecule has 20 heavy (non-hydrogen) atoms. The van der Waals surface area contributed by atoms with Crippen LogP contribution in [0.1, 0.15) is 31.7 Å². The lowest BCUT2D eigenvalue weighted by molar-refractivity contribution is -0.137. The predicted molar refractivity (Wildman–Crippen MR) is 77.8 cm³/mol. The minimum Gasteiger partial charge on any atom is -0.364 e. The smallest absolute Gasteiger partial charge is 0.364 e. The first-order chi connectivity index (χ1) is 9.34. The summed E-state index contributed by atoms with van der Waals surface area (Å²) in [7, 11) is 0. The van der Waals surface area contributed by atoms with Gasteiger partial charge in [-0.05, 0) is 44.4 Å². The number of hydrogen-bond acceptors (Lipinski definition) is 2. The fourth-order valence-electron chi connectivity index (χ4n) is 2.91. The lowest BCUT2D eigenvalue weighted by atomic mass is 9.94. The van der Waals surface area contributed by atoms with E-state index < -0.39 is 11.7 Å². The van der Waals surface area contributed by atoms with Gasteiger partial charge >= 0.3 is 6.18 Å². The molecule has 2 N–H and O–H groups in total. The highest BCUT2D eigenvalue weighted by molar-refractivity contribution is 9.10. The molecule has 0 spiro atoms. The van der Waals surface area contributed by atoms with E-state index in [1.165, 1.54) is 6.07 Å². The van der Waals surface area contributed by atoms with Crippen molar-refractivity contribution in [3.05, 3.63) is 28.2 Å². The number of anilines is 1. The number of nitrogens with two attached hydrogens (primary N) is 1. The van der Waals surface area contributed by atoms with Gasteiger partial charge < -0.3 is 10.6 Å². The van der Waals surface area contributed by atoms with Crippen LogP contribution in [0.5, 0.6) is 0 Å². The molecule has 1 saturated heterocycles. The van der Waals surface area contributed by atoms with Crippen LogP contribution in [0, 0.1) is 0 Å². The first-order valence-corrected chi connectivity index (χ1v) is 7.49. The molecule has 1 fully saturated rings. The summed E-state index contributed by atoms with van der Waals surface area (Å²) in [6, 6.07) is 4.14. The summed E-state index contributed by atoms with van der Waals surface area (Å²) in [6.45, 7) is 2.33. The number of nitrogens with zero attached hydrogens (tertiary/aromatic N) is 1. The second kappa shape index (κ2) is 5.93. The summed E-state index contributed by atoms with van der Waals surface area (Å²) in [5.41, 5.74) is 5.40. The van der Waals surface area contributed by atoms with Crippen molar-refractivity contribution < 1.29 is 13.2 Å². The molecule has 0 bridgehead atoms. The van der Waals surface area contributed by atoms with Gasteiger partial charge in [-0.15, -0.1) is 0 Å². The zero-order chi connectivity index (χ0) is 14.9. The Morgan fingerprint density at radius 1 is 1.35 bits per heavy atom. The van der Waals surface area contributed by atoms with Crippen molar-refractivity contribution >= 4 is 21.6 Å². The average Bonchev–Trinajstić information content (AvgIpc) is 2.36. The minimum absolute atomic E-state index is 0.0332. The predicted octanol–water partition coefficient (Wildman–Crippen LogP) is 4.17. The largest absolute Gasteiger partial charge is 0.418 e. The Hall–Kier alpha value is -0.750. The molecule has 2 atom stereocenters. The number of rotatable bonds is 2. The molecule has 2 nitrogen and oxygen atoms in total. The maximum atomic E-state index is 13.2. The van der Waals surface area contributed by atoms with Crippen LogP contribution in [0.15, 0.2) is 22.7 Å². The lowest BCUT2D eigenvalue weighted by Gasteiger charge is -2.43. The highest BCUT2D eigenvalue weighted by Gasteiger charge is 2.38. The van der Waals surface area contributed by atoms with E-state index in [2.05, 4.69) is 15.9 Å². The number of hydrogen-bond donors (Lipinski definition) is 1. The summed E-state index contributed by atoms with van der Waals surface area (Å²) in [6.07, 6.45) is -1.62. The van der Waals surface area contributed by atoms with Gasteiger partial charge in [0.15, 0.2) is 0 Å². The molecule has 6 heteroatoms. The fourth-order valence-corrected chi connectivity index (χ4v) is 3.26. The molecular formula is C14H18BrF3N2. The summed E-state index contributed by atoms with van der Waals surface area (Å²) < 4.78 is 40.3. The second-order valence-electron chi connectivity index (χ2n) is 5.24. The number of benzene rings is 1. The van der Waals surface area contributed by atoms with Crippen LogP contribution in [0.4, 0.5) is 18.9 Å². The topological polar surface area (TPSA) is 29.3 Å². The average molecular weight is 351 g/mol. The van der Waals surface area contributed by atoms with Crippen molar-refractivity contribution in [3.63, 3.8) is 0 Å². The normalized spacial score (nSPS) is 24.0. The number of piperidine rings is 1. The van der Waals surface area contributed by atoms with Crippen LogP contribution in [-0.4, -0.2) is 18.6 Å². The van der Waals surface area contributed by atoms with E-state index in [9.17, 15) is 13.2 Å². The molecule has 0 saturated carbocycles. The molecule has 0 amide bonds. The maximum absolute atomic E-state index is 13.2. The minimum atomic E-state index is -4.35. The zero-order valence-electron chi connectivity index (χ0n) is 11.3. The van der Waals surface area contributed by atoms with Gasteiger partial charge in [0.1, 0.15) is 0 Å². The maximum Gasteiger partial charge on any atom is 0.418 e.